The van der Waals surface area contributed by atoms with Crippen molar-refractivity contribution in [2.24, 2.45) is 0 Å². The van der Waals surface area contributed by atoms with Gasteiger partial charge in [-0.25, -0.2) is 0 Å². The summed E-state index contributed by atoms with van der Waals surface area (Å²) in [6.07, 6.45) is -5.19. The van der Waals surface area contributed by atoms with Crippen molar-refractivity contribution >= 4 is 16.7 Å². The van der Waals surface area contributed by atoms with Crippen LogP contribution in [0, 0.1) is 11.3 Å². The Hall–Kier alpha value is -3.84. The third kappa shape index (κ3) is 6.36. The van der Waals surface area contributed by atoms with Crippen molar-refractivity contribution in [2.45, 2.75) is 32.6 Å². The van der Waals surface area contributed by atoms with Crippen LogP contribution in [0.5, 0.6) is 5.75 Å². The standard InChI is InChI=1S/C22H23N3O2.C2HF3O2/c1-15(2)24-11-12-25-20(14-23)21(16-7-5-4-6-8-16)19-13-17(27-3)9-10-18(19)22(25)26;3-2(4,5)1(6)7/h4-10,13,15,24H,11-12H2,1-3H3;(H,6,7). The van der Waals surface area contributed by atoms with Gasteiger partial charge < -0.3 is 20.0 Å². The van der Waals surface area contributed by atoms with Crippen molar-refractivity contribution < 1.29 is 33.1 Å². The molecule has 3 rings (SSSR count). The fraction of sp³-hybridized carbons (Fsp3) is 0.292. The van der Waals surface area contributed by atoms with Crippen LogP contribution in [-0.2, 0) is 11.3 Å². The van der Waals surface area contributed by atoms with Crippen LogP contribution in [0.1, 0.15) is 19.5 Å². The van der Waals surface area contributed by atoms with Crippen molar-refractivity contribution in [1.82, 2.24) is 4.57 Å². The van der Waals surface area contributed by atoms with Crippen LogP contribution in [0.15, 0.2) is 53.3 Å². The zero-order chi connectivity index (χ0) is 25.5. The van der Waals surface area contributed by atoms with Gasteiger partial charge in [-0.2, -0.15) is 18.4 Å². The van der Waals surface area contributed by atoms with E-state index in [0.717, 1.165) is 23.1 Å². The number of aromatic nitrogens is 1. The number of carboxylic acid groups (broad SMARTS) is 1. The Kier molecular flexibility index (Phi) is 8.81. The first-order chi connectivity index (χ1) is 16.0. The SMILES string of the molecule is COc1ccc2c(=O)n(CC[NH2+]C(C)C)c(C#N)c(-c3ccccc3)c2c1.O=C([O-])C(F)(F)F. The first-order valence-electron chi connectivity index (χ1n) is 10.3. The van der Waals surface area contributed by atoms with E-state index >= 15 is 0 Å². The molecule has 2 N–H and O–H groups in total. The van der Waals surface area contributed by atoms with E-state index in [-0.39, 0.29) is 5.56 Å². The van der Waals surface area contributed by atoms with Crippen molar-refractivity contribution in [1.29, 1.82) is 5.26 Å². The van der Waals surface area contributed by atoms with Crippen molar-refractivity contribution in [2.75, 3.05) is 13.7 Å². The smallest absolute Gasteiger partial charge is 0.430 e. The monoisotopic (exact) mass is 475 g/mol. The minimum absolute atomic E-state index is 0.138. The molecule has 0 saturated heterocycles. The van der Waals surface area contributed by atoms with E-state index in [9.17, 15) is 23.2 Å². The highest BCUT2D eigenvalue weighted by Gasteiger charge is 2.28. The number of carbonyl (C=O) groups is 1. The van der Waals surface area contributed by atoms with Crippen LogP contribution >= 0.6 is 0 Å². The molecule has 180 valence electrons. The molecule has 0 amide bonds. The molecule has 0 bridgehead atoms. The van der Waals surface area contributed by atoms with Crippen LogP contribution in [0.4, 0.5) is 13.2 Å². The lowest BCUT2D eigenvalue weighted by molar-refractivity contribution is -0.683. The van der Waals surface area contributed by atoms with Gasteiger partial charge in [0.2, 0.25) is 0 Å². The number of halogens is 3. The quantitative estimate of drug-likeness (QED) is 0.585. The van der Waals surface area contributed by atoms with Gasteiger partial charge in [-0.3, -0.25) is 9.36 Å². The van der Waals surface area contributed by atoms with Gasteiger partial charge in [0.1, 0.15) is 23.5 Å². The number of alkyl halides is 3. The predicted octanol–water partition coefficient (Wildman–Crippen LogP) is 1.82. The van der Waals surface area contributed by atoms with Gasteiger partial charge in [-0.1, -0.05) is 30.3 Å². The molecule has 7 nitrogen and oxygen atoms in total. The lowest BCUT2D eigenvalue weighted by Crippen LogP contribution is -2.89. The number of nitriles is 1. The van der Waals surface area contributed by atoms with E-state index < -0.39 is 12.1 Å². The summed E-state index contributed by atoms with van der Waals surface area (Å²) in [5.74, 6) is -2.35. The summed E-state index contributed by atoms with van der Waals surface area (Å²) in [6, 6.07) is 17.9. The minimum atomic E-state index is -5.19. The Balaban J connectivity index is 0.000000509. The highest BCUT2D eigenvalue weighted by molar-refractivity contribution is 5.99. The van der Waals surface area contributed by atoms with Crippen LogP contribution < -0.4 is 20.7 Å². The number of nitrogens with two attached hydrogens (primary N) is 1. The van der Waals surface area contributed by atoms with E-state index in [4.69, 9.17) is 14.6 Å². The van der Waals surface area contributed by atoms with Gasteiger partial charge >= 0.3 is 6.18 Å². The molecule has 0 atom stereocenters. The third-order valence-corrected chi connectivity index (χ3v) is 4.87. The first-order valence-corrected chi connectivity index (χ1v) is 10.3. The molecule has 0 saturated carbocycles. The van der Waals surface area contributed by atoms with Gasteiger partial charge in [0.05, 0.1) is 26.2 Å². The molecular formula is C24H24F3N3O4. The van der Waals surface area contributed by atoms with Crippen molar-refractivity contribution in [3.05, 3.63) is 64.6 Å². The average molecular weight is 475 g/mol. The minimum Gasteiger partial charge on any atom is -0.542 e. The number of carbonyl (C=O) groups excluding carboxylic acids is 1. The Labute approximate surface area is 194 Å². The zero-order valence-corrected chi connectivity index (χ0v) is 18.8. The maximum atomic E-state index is 13.1. The number of carboxylic acids is 1. The number of benzene rings is 2. The Morgan fingerprint density at radius 1 is 1.18 bits per heavy atom. The molecule has 0 aliphatic rings. The average Bonchev–Trinajstić information content (AvgIpc) is 2.80. The number of ether oxygens (including phenoxy) is 1. The number of hydrogen-bond donors (Lipinski definition) is 1. The molecule has 0 aliphatic carbocycles. The van der Waals surface area contributed by atoms with Crippen LogP contribution in [-0.4, -0.2) is 36.4 Å². The molecule has 0 spiro atoms. The van der Waals surface area contributed by atoms with Crippen LogP contribution in [0.25, 0.3) is 21.9 Å². The van der Waals surface area contributed by atoms with E-state index in [1.807, 2.05) is 36.4 Å². The highest BCUT2D eigenvalue weighted by atomic mass is 19.4. The maximum Gasteiger partial charge on any atom is 0.430 e. The molecule has 1 aromatic heterocycles. The van der Waals surface area contributed by atoms with E-state index in [2.05, 4.69) is 25.2 Å². The second-order valence-electron chi connectivity index (χ2n) is 7.62. The van der Waals surface area contributed by atoms with Crippen LogP contribution in [0.3, 0.4) is 0 Å². The normalized spacial score (nSPS) is 11.0. The maximum absolute atomic E-state index is 13.1. The summed E-state index contributed by atoms with van der Waals surface area (Å²) in [5.41, 5.74) is 1.94. The Bertz CT molecular complexity index is 1250. The lowest BCUT2D eigenvalue weighted by atomic mass is 9.97. The molecular weight excluding hydrogens is 451 g/mol. The number of rotatable bonds is 6. The third-order valence-electron chi connectivity index (χ3n) is 4.87. The molecule has 2 aromatic carbocycles. The summed E-state index contributed by atoms with van der Waals surface area (Å²) in [4.78, 5) is 21.9. The molecule has 1 heterocycles. The number of nitrogens with zero attached hydrogens (tertiary/aromatic N) is 2. The molecule has 34 heavy (non-hydrogen) atoms. The zero-order valence-electron chi connectivity index (χ0n) is 18.8. The van der Waals surface area contributed by atoms with Gasteiger partial charge in [-0.05, 0) is 37.6 Å². The van der Waals surface area contributed by atoms with E-state index in [1.165, 1.54) is 0 Å². The Morgan fingerprint density at radius 2 is 1.79 bits per heavy atom. The topological polar surface area (TPSA) is 112 Å². The second-order valence-corrected chi connectivity index (χ2v) is 7.62. The summed E-state index contributed by atoms with van der Waals surface area (Å²) >= 11 is 0. The van der Waals surface area contributed by atoms with Gasteiger partial charge in [0, 0.05) is 16.3 Å². The number of aliphatic carboxylic acids is 1. The summed E-state index contributed by atoms with van der Waals surface area (Å²) in [6.45, 7) is 5.44. The lowest BCUT2D eigenvalue weighted by Gasteiger charge is -2.16. The van der Waals surface area contributed by atoms with Crippen molar-refractivity contribution in [3.8, 4) is 22.9 Å². The number of pyridine rings is 1. The molecule has 0 radical (unpaired) electrons. The van der Waals surface area contributed by atoms with Gasteiger partial charge in [0.15, 0.2) is 0 Å². The summed E-state index contributed by atoms with van der Waals surface area (Å²) in [5, 5.41) is 22.2. The van der Waals surface area contributed by atoms with E-state index in [0.29, 0.717) is 29.4 Å². The largest absolute Gasteiger partial charge is 0.542 e. The fourth-order valence-corrected chi connectivity index (χ4v) is 3.32. The molecule has 0 fully saturated rings. The number of hydrogen-bond acceptors (Lipinski definition) is 5. The molecule has 3 aromatic rings. The first kappa shape index (κ1) is 26.4. The summed E-state index contributed by atoms with van der Waals surface area (Å²) in [7, 11) is 1.59. The number of methoxy groups -OCH3 is 1. The van der Waals surface area contributed by atoms with Gasteiger partial charge in [-0.15, -0.1) is 0 Å². The fourth-order valence-electron chi connectivity index (χ4n) is 3.32. The number of fused-ring (bicyclic) bond motifs is 1. The Morgan fingerprint density at radius 3 is 2.29 bits per heavy atom. The summed E-state index contributed by atoms with van der Waals surface area (Å²) < 4.78 is 38.5. The van der Waals surface area contributed by atoms with Crippen molar-refractivity contribution in [3.63, 3.8) is 0 Å². The predicted molar refractivity (Wildman–Crippen MR) is 118 cm³/mol. The van der Waals surface area contributed by atoms with Gasteiger partial charge in [0.25, 0.3) is 5.56 Å². The number of quaternary nitrogens is 1. The molecule has 0 aliphatic heterocycles. The van der Waals surface area contributed by atoms with Crippen LogP contribution in [0.2, 0.25) is 0 Å². The molecule has 10 heteroatoms. The second kappa shape index (κ2) is 11.3. The highest BCUT2D eigenvalue weighted by Crippen LogP contribution is 2.32. The molecule has 0 unspecified atom stereocenters. The van der Waals surface area contributed by atoms with E-state index in [1.54, 1.807) is 23.8 Å².